The van der Waals surface area contributed by atoms with Gasteiger partial charge in [-0.05, 0) is 29.2 Å². The van der Waals surface area contributed by atoms with E-state index in [1.807, 2.05) is 36.4 Å². The second-order valence-electron chi connectivity index (χ2n) is 6.14. The van der Waals surface area contributed by atoms with Crippen LogP contribution in [0.2, 0.25) is 5.02 Å². The van der Waals surface area contributed by atoms with Crippen molar-refractivity contribution in [3.05, 3.63) is 64.7 Å². The highest BCUT2D eigenvalue weighted by atomic mass is 35.5. The van der Waals surface area contributed by atoms with Crippen LogP contribution in [0.25, 0.3) is 0 Å². The van der Waals surface area contributed by atoms with Gasteiger partial charge >= 0.3 is 0 Å². The van der Waals surface area contributed by atoms with Crippen LogP contribution in [0.15, 0.2) is 48.5 Å². The molecule has 0 aliphatic heterocycles. The van der Waals surface area contributed by atoms with Crippen LogP contribution in [-0.4, -0.2) is 6.54 Å². The summed E-state index contributed by atoms with van der Waals surface area (Å²) >= 11 is 6.21. The van der Waals surface area contributed by atoms with Gasteiger partial charge in [0, 0.05) is 17.1 Å². The summed E-state index contributed by atoms with van der Waals surface area (Å²) in [6.45, 7) is 6.95. The highest BCUT2D eigenvalue weighted by Crippen LogP contribution is 2.29. The molecule has 112 valence electrons. The lowest BCUT2D eigenvalue weighted by molar-refractivity contribution is 0.214. The van der Waals surface area contributed by atoms with E-state index < -0.39 is 0 Å². The molecule has 21 heavy (non-hydrogen) atoms. The summed E-state index contributed by atoms with van der Waals surface area (Å²) in [6, 6.07) is 15.8. The molecule has 2 aromatic carbocycles. The fraction of sp³-hybridized carbons (Fsp3) is 0.333. The average Bonchev–Trinajstić information content (AvgIpc) is 2.45. The molecule has 0 aromatic heterocycles. The lowest BCUT2D eigenvalue weighted by Crippen LogP contribution is -2.19. The van der Waals surface area contributed by atoms with Crippen molar-refractivity contribution in [1.82, 2.24) is 0 Å². The van der Waals surface area contributed by atoms with Crippen LogP contribution in [0.1, 0.15) is 38.0 Å². The Bertz CT molecular complexity index is 587. The van der Waals surface area contributed by atoms with E-state index in [9.17, 15) is 0 Å². The molecule has 0 saturated heterocycles. The molecule has 0 spiro atoms. The Hall–Kier alpha value is -1.51. The van der Waals surface area contributed by atoms with Crippen LogP contribution in [0.4, 0.5) is 0 Å². The molecule has 0 saturated carbocycles. The molecule has 0 amide bonds. The number of nitrogens with two attached hydrogens (primary N) is 1. The van der Waals surface area contributed by atoms with Crippen LogP contribution in [-0.2, 0) is 5.41 Å². The molecule has 0 aliphatic carbocycles. The minimum absolute atomic E-state index is 0.133. The van der Waals surface area contributed by atoms with Gasteiger partial charge in [0.2, 0.25) is 0 Å². The van der Waals surface area contributed by atoms with Gasteiger partial charge < -0.3 is 10.5 Å². The summed E-state index contributed by atoms with van der Waals surface area (Å²) in [4.78, 5) is 0. The molecule has 0 fully saturated rings. The minimum Gasteiger partial charge on any atom is -0.484 e. The summed E-state index contributed by atoms with van der Waals surface area (Å²) < 4.78 is 5.99. The zero-order valence-corrected chi connectivity index (χ0v) is 13.5. The molecular weight excluding hydrogens is 282 g/mol. The van der Waals surface area contributed by atoms with Gasteiger partial charge in [-0.1, -0.05) is 62.7 Å². The smallest absolute Gasteiger partial charge is 0.137 e. The van der Waals surface area contributed by atoms with Gasteiger partial charge in [0.15, 0.2) is 0 Å². The molecule has 0 radical (unpaired) electrons. The highest BCUT2D eigenvalue weighted by molar-refractivity contribution is 6.31. The second-order valence-corrected chi connectivity index (χ2v) is 6.55. The molecular formula is C18H22ClNO. The van der Waals surface area contributed by atoms with E-state index in [0.29, 0.717) is 11.6 Å². The fourth-order valence-corrected chi connectivity index (χ4v) is 2.43. The highest BCUT2D eigenvalue weighted by Gasteiger charge is 2.16. The minimum atomic E-state index is -0.237. The number of hydrogen-bond donors (Lipinski definition) is 1. The largest absolute Gasteiger partial charge is 0.484 e. The lowest BCUT2D eigenvalue weighted by atomic mass is 9.87. The maximum Gasteiger partial charge on any atom is 0.137 e. The fourth-order valence-electron chi connectivity index (χ4n) is 2.17. The van der Waals surface area contributed by atoms with Crippen molar-refractivity contribution in [1.29, 1.82) is 0 Å². The predicted octanol–water partition coefficient (Wildman–Crippen LogP) is 4.72. The number of halogens is 1. The third-order valence-corrected chi connectivity index (χ3v) is 3.81. The first-order valence-electron chi connectivity index (χ1n) is 7.13. The molecule has 0 heterocycles. The van der Waals surface area contributed by atoms with E-state index in [4.69, 9.17) is 22.1 Å². The normalized spacial score (nSPS) is 13.0. The standard InChI is InChI=1S/C18H22ClNO/c1-18(2,3)13-8-10-14(11-9-13)21-17(12-20)15-6-4-5-7-16(15)19/h4-11,17H,12,20H2,1-3H3. The van der Waals surface area contributed by atoms with Crippen molar-refractivity contribution in [3.8, 4) is 5.75 Å². The Morgan fingerprint density at radius 2 is 1.67 bits per heavy atom. The van der Waals surface area contributed by atoms with Gasteiger partial charge in [-0.3, -0.25) is 0 Å². The number of benzene rings is 2. The molecule has 2 nitrogen and oxygen atoms in total. The van der Waals surface area contributed by atoms with Gasteiger partial charge in [0.25, 0.3) is 0 Å². The van der Waals surface area contributed by atoms with Crippen molar-refractivity contribution in [2.24, 2.45) is 5.73 Å². The van der Waals surface area contributed by atoms with Crippen LogP contribution in [0.5, 0.6) is 5.75 Å². The third-order valence-electron chi connectivity index (χ3n) is 3.46. The van der Waals surface area contributed by atoms with Crippen molar-refractivity contribution in [2.75, 3.05) is 6.54 Å². The lowest BCUT2D eigenvalue weighted by Gasteiger charge is -2.21. The Labute approximate surface area is 131 Å². The maximum atomic E-state index is 6.21. The second kappa shape index (κ2) is 6.50. The van der Waals surface area contributed by atoms with E-state index in [0.717, 1.165) is 11.3 Å². The summed E-state index contributed by atoms with van der Waals surface area (Å²) in [5, 5.41) is 0.680. The summed E-state index contributed by atoms with van der Waals surface area (Å²) in [5.74, 6) is 0.804. The van der Waals surface area contributed by atoms with E-state index in [1.165, 1.54) is 5.56 Å². The number of rotatable bonds is 4. The van der Waals surface area contributed by atoms with E-state index in [1.54, 1.807) is 0 Å². The quantitative estimate of drug-likeness (QED) is 0.887. The van der Waals surface area contributed by atoms with Crippen molar-refractivity contribution in [3.63, 3.8) is 0 Å². The first kappa shape index (κ1) is 15.9. The molecule has 3 heteroatoms. The van der Waals surface area contributed by atoms with Gasteiger partial charge in [0.1, 0.15) is 11.9 Å². The van der Waals surface area contributed by atoms with E-state index in [-0.39, 0.29) is 11.5 Å². The first-order chi connectivity index (χ1) is 9.91. The van der Waals surface area contributed by atoms with Crippen molar-refractivity contribution >= 4 is 11.6 Å². The van der Waals surface area contributed by atoms with Gasteiger partial charge in [-0.2, -0.15) is 0 Å². The average molecular weight is 304 g/mol. The summed E-state index contributed by atoms with van der Waals surface area (Å²) in [7, 11) is 0. The molecule has 0 bridgehead atoms. The Balaban J connectivity index is 2.18. The zero-order valence-electron chi connectivity index (χ0n) is 12.8. The van der Waals surface area contributed by atoms with Gasteiger partial charge in [0.05, 0.1) is 0 Å². The molecule has 2 rings (SSSR count). The third kappa shape index (κ3) is 3.99. The molecule has 2 N–H and O–H groups in total. The van der Waals surface area contributed by atoms with E-state index in [2.05, 4.69) is 32.9 Å². The van der Waals surface area contributed by atoms with Gasteiger partial charge in [-0.15, -0.1) is 0 Å². The summed E-state index contributed by atoms with van der Waals surface area (Å²) in [6.07, 6.45) is -0.237. The molecule has 1 unspecified atom stereocenters. The summed E-state index contributed by atoms with van der Waals surface area (Å²) in [5.41, 5.74) is 8.16. The molecule has 2 aromatic rings. The van der Waals surface area contributed by atoms with Crippen molar-refractivity contribution in [2.45, 2.75) is 32.3 Å². The predicted molar refractivity (Wildman–Crippen MR) is 89.0 cm³/mol. The van der Waals surface area contributed by atoms with Crippen LogP contribution < -0.4 is 10.5 Å². The molecule has 0 aliphatic rings. The van der Waals surface area contributed by atoms with Crippen LogP contribution in [0, 0.1) is 0 Å². The first-order valence-corrected chi connectivity index (χ1v) is 7.51. The monoisotopic (exact) mass is 303 g/mol. The van der Waals surface area contributed by atoms with Crippen LogP contribution in [0.3, 0.4) is 0 Å². The van der Waals surface area contributed by atoms with Crippen molar-refractivity contribution < 1.29 is 4.74 Å². The molecule has 1 atom stereocenters. The van der Waals surface area contributed by atoms with E-state index >= 15 is 0 Å². The SMILES string of the molecule is CC(C)(C)c1ccc(OC(CN)c2ccccc2Cl)cc1. The zero-order chi connectivity index (χ0) is 15.5. The van der Waals surface area contributed by atoms with Gasteiger partial charge in [-0.25, -0.2) is 0 Å². The Kier molecular flexibility index (Phi) is 4.92. The Morgan fingerprint density at radius 3 is 2.19 bits per heavy atom. The topological polar surface area (TPSA) is 35.2 Å². The maximum absolute atomic E-state index is 6.21. The number of ether oxygens (including phenoxy) is 1. The van der Waals surface area contributed by atoms with Crippen LogP contribution >= 0.6 is 11.6 Å². The number of hydrogen-bond acceptors (Lipinski definition) is 2. The Morgan fingerprint density at radius 1 is 1.05 bits per heavy atom.